The third kappa shape index (κ3) is 2.17. The maximum atomic E-state index is 11.5. The Balaban J connectivity index is 1.69. The third-order valence-corrected chi connectivity index (χ3v) is 4.88. The van der Waals surface area contributed by atoms with Crippen molar-refractivity contribution >= 4 is 29.1 Å². The van der Waals surface area contributed by atoms with Gasteiger partial charge in [-0.1, -0.05) is 12.8 Å². The van der Waals surface area contributed by atoms with Crippen molar-refractivity contribution in [2.75, 3.05) is 11.1 Å². The molecular formula is C14H15NO2S. The lowest BCUT2D eigenvalue weighted by Crippen LogP contribution is -2.12. The van der Waals surface area contributed by atoms with Crippen molar-refractivity contribution in [3.8, 4) is 0 Å². The molecule has 4 heteroatoms. The Labute approximate surface area is 110 Å². The highest BCUT2D eigenvalue weighted by molar-refractivity contribution is 7.99. The third-order valence-electron chi connectivity index (χ3n) is 3.65. The number of benzene rings is 1. The van der Waals surface area contributed by atoms with Crippen molar-refractivity contribution in [2.45, 2.75) is 30.6 Å². The standard InChI is InChI=1S/C14H15NO2S/c16-13-11-6-5-10(7-12(11)15-14(13)17)18-8-9-3-1-2-4-9/h5-7,9H,1-4,8H2,(H,15,16,17). The summed E-state index contributed by atoms with van der Waals surface area (Å²) >= 11 is 1.82. The van der Waals surface area contributed by atoms with Crippen LogP contribution in [0.15, 0.2) is 23.1 Å². The van der Waals surface area contributed by atoms with Crippen LogP contribution < -0.4 is 5.32 Å². The zero-order chi connectivity index (χ0) is 12.5. The molecule has 3 rings (SSSR count). The Morgan fingerprint density at radius 2 is 2.00 bits per heavy atom. The molecule has 0 spiro atoms. The number of anilines is 1. The fourth-order valence-corrected chi connectivity index (χ4v) is 3.73. The maximum Gasteiger partial charge on any atom is 0.296 e. The van der Waals surface area contributed by atoms with Gasteiger partial charge in [0.25, 0.3) is 11.7 Å². The summed E-state index contributed by atoms with van der Waals surface area (Å²) in [6.07, 6.45) is 5.40. The fourth-order valence-electron chi connectivity index (χ4n) is 2.61. The molecule has 0 bridgehead atoms. The number of hydrogen-bond donors (Lipinski definition) is 1. The van der Waals surface area contributed by atoms with E-state index in [1.165, 1.54) is 25.7 Å². The minimum Gasteiger partial charge on any atom is -0.318 e. The second-order valence-corrected chi connectivity index (χ2v) is 6.05. The van der Waals surface area contributed by atoms with Gasteiger partial charge in [0.1, 0.15) is 0 Å². The predicted molar refractivity (Wildman–Crippen MR) is 72.1 cm³/mol. The van der Waals surface area contributed by atoms with Gasteiger partial charge in [-0.05, 0) is 37.0 Å². The van der Waals surface area contributed by atoms with E-state index in [-0.39, 0.29) is 0 Å². The molecule has 94 valence electrons. The van der Waals surface area contributed by atoms with E-state index in [9.17, 15) is 9.59 Å². The van der Waals surface area contributed by atoms with Crippen LogP contribution in [0.1, 0.15) is 36.0 Å². The first-order valence-corrected chi connectivity index (χ1v) is 7.35. The van der Waals surface area contributed by atoms with Gasteiger partial charge >= 0.3 is 0 Å². The summed E-state index contributed by atoms with van der Waals surface area (Å²) in [6, 6.07) is 5.61. The molecule has 1 heterocycles. The van der Waals surface area contributed by atoms with Crippen LogP contribution in [0.25, 0.3) is 0 Å². The van der Waals surface area contributed by atoms with Crippen LogP contribution in [0.3, 0.4) is 0 Å². The van der Waals surface area contributed by atoms with E-state index in [4.69, 9.17) is 0 Å². The highest BCUT2D eigenvalue weighted by atomic mass is 32.2. The lowest BCUT2D eigenvalue weighted by atomic mass is 10.1. The van der Waals surface area contributed by atoms with Gasteiger partial charge in [-0.3, -0.25) is 9.59 Å². The van der Waals surface area contributed by atoms with E-state index in [1.807, 2.05) is 23.9 Å². The summed E-state index contributed by atoms with van der Waals surface area (Å²) in [5.74, 6) is 1.04. The van der Waals surface area contributed by atoms with Crippen LogP contribution in [0.4, 0.5) is 5.69 Å². The van der Waals surface area contributed by atoms with E-state index in [0.29, 0.717) is 11.3 Å². The Hall–Kier alpha value is -1.29. The number of thioether (sulfide) groups is 1. The lowest BCUT2D eigenvalue weighted by Gasteiger charge is -2.08. The average Bonchev–Trinajstić information content (AvgIpc) is 2.97. The SMILES string of the molecule is O=C1Nc2cc(SCC3CCCC3)ccc2C1=O. The number of carbonyl (C=O) groups excluding carboxylic acids is 2. The van der Waals surface area contributed by atoms with Crippen molar-refractivity contribution in [3.05, 3.63) is 23.8 Å². The quantitative estimate of drug-likeness (QED) is 0.671. The Bertz CT molecular complexity index is 507. The first-order valence-electron chi connectivity index (χ1n) is 6.36. The number of hydrogen-bond acceptors (Lipinski definition) is 3. The van der Waals surface area contributed by atoms with Gasteiger partial charge < -0.3 is 5.32 Å². The number of amides is 1. The zero-order valence-corrected chi connectivity index (χ0v) is 10.9. The zero-order valence-electron chi connectivity index (χ0n) is 10.1. The minimum atomic E-state index is -0.511. The molecule has 0 aromatic heterocycles. The lowest BCUT2D eigenvalue weighted by molar-refractivity contribution is -0.112. The topological polar surface area (TPSA) is 46.2 Å². The summed E-state index contributed by atoms with van der Waals surface area (Å²) in [5.41, 5.74) is 1.17. The van der Waals surface area contributed by atoms with Crippen molar-refractivity contribution < 1.29 is 9.59 Å². The highest BCUT2D eigenvalue weighted by Gasteiger charge is 2.27. The molecule has 1 aromatic rings. The Morgan fingerprint density at radius 3 is 2.78 bits per heavy atom. The number of carbonyl (C=O) groups is 2. The summed E-state index contributed by atoms with van der Waals surface area (Å²) in [5, 5.41) is 2.61. The molecule has 1 fully saturated rings. The van der Waals surface area contributed by atoms with Crippen LogP contribution in [0, 0.1) is 5.92 Å². The van der Waals surface area contributed by atoms with Crippen molar-refractivity contribution in [3.63, 3.8) is 0 Å². The largest absolute Gasteiger partial charge is 0.318 e. The van der Waals surface area contributed by atoms with Gasteiger partial charge in [0.05, 0.1) is 11.3 Å². The summed E-state index contributed by atoms with van der Waals surface area (Å²) in [6.45, 7) is 0. The first-order chi connectivity index (χ1) is 8.74. The molecule has 3 nitrogen and oxygen atoms in total. The van der Waals surface area contributed by atoms with Crippen molar-refractivity contribution in [1.82, 2.24) is 0 Å². The Morgan fingerprint density at radius 1 is 1.22 bits per heavy atom. The molecule has 18 heavy (non-hydrogen) atoms. The number of ketones is 1. The average molecular weight is 261 g/mol. The van der Waals surface area contributed by atoms with Crippen LogP contribution in [-0.2, 0) is 4.79 Å². The number of rotatable bonds is 3. The smallest absolute Gasteiger partial charge is 0.296 e. The number of fused-ring (bicyclic) bond motifs is 1. The van der Waals surface area contributed by atoms with Crippen molar-refractivity contribution in [2.24, 2.45) is 5.92 Å². The highest BCUT2D eigenvalue weighted by Crippen LogP contribution is 2.33. The normalized spacial score (nSPS) is 19.1. The molecule has 0 atom stereocenters. The summed E-state index contributed by atoms with van der Waals surface area (Å²) < 4.78 is 0. The molecule has 2 aliphatic rings. The molecule has 1 aliphatic heterocycles. The Kier molecular flexibility index (Phi) is 3.12. The molecule has 1 aromatic carbocycles. The molecule has 0 saturated heterocycles. The van der Waals surface area contributed by atoms with Gasteiger partial charge in [0.2, 0.25) is 0 Å². The van der Waals surface area contributed by atoms with Gasteiger partial charge in [0.15, 0.2) is 0 Å². The maximum absolute atomic E-state index is 11.5. The van der Waals surface area contributed by atoms with Gasteiger partial charge in [-0.15, -0.1) is 11.8 Å². The fraction of sp³-hybridized carbons (Fsp3) is 0.429. The van der Waals surface area contributed by atoms with Crippen LogP contribution in [0.5, 0.6) is 0 Å². The van der Waals surface area contributed by atoms with E-state index >= 15 is 0 Å². The van der Waals surface area contributed by atoms with Gasteiger partial charge in [0, 0.05) is 10.6 Å². The molecule has 1 N–H and O–H groups in total. The monoisotopic (exact) mass is 261 g/mol. The molecular weight excluding hydrogens is 246 g/mol. The number of nitrogens with one attached hydrogen (secondary N) is 1. The van der Waals surface area contributed by atoms with E-state index < -0.39 is 11.7 Å². The van der Waals surface area contributed by atoms with Gasteiger partial charge in [-0.2, -0.15) is 0 Å². The summed E-state index contributed by atoms with van der Waals surface area (Å²) in [4.78, 5) is 23.8. The summed E-state index contributed by atoms with van der Waals surface area (Å²) in [7, 11) is 0. The predicted octanol–water partition coefficient (Wildman–Crippen LogP) is 3.10. The molecule has 1 amide bonds. The van der Waals surface area contributed by atoms with Crippen LogP contribution >= 0.6 is 11.8 Å². The van der Waals surface area contributed by atoms with E-state index in [1.54, 1.807) is 6.07 Å². The van der Waals surface area contributed by atoms with Gasteiger partial charge in [-0.25, -0.2) is 0 Å². The second kappa shape index (κ2) is 4.76. The molecule has 1 saturated carbocycles. The molecule has 1 aliphatic carbocycles. The first kappa shape index (κ1) is 11.8. The number of Topliss-reactive ketones (excluding diaryl/α,β-unsaturated/α-hetero) is 1. The minimum absolute atomic E-state index is 0.419. The van der Waals surface area contributed by atoms with Crippen LogP contribution in [-0.4, -0.2) is 17.4 Å². The van der Waals surface area contributed by atoms with Crippen LogP contribution in [0.2, 0.25) is 0 Å². The second-order valence-electron chi connectivity index (χ2n) is 4.95. The van der Waals surface area contributed by atoms with Crippen molar-refractivity contribution in [1.29, 1.82) is 0 Å². The van der Waals surface area contributed by atoms with E-state index in [2.05, 4.69) is 5.32 Å². The molecule has 0 radical (unpaired) electrons. The van der Waals surface area contributed by atoms with E-state index in [0.717, 1.165) is 16.6 Å². The molecule has 0 unspecified atom stereocenters.